The summed E-state index contributed by atoms with van der Waals surface area (Å²) in [6.45, 7) is 0.529. The molecule has 1 aromatic heterocycles. The highest BCUT2D eigenvalue weighted by atomic mass is 16.2. The molecule has 1 saturated heterocycles. The summed E-state index contributed by atoms with van der Waals surface area (Å²) in [5, 5.41) is 3.91. The Morgan fingerprint density at radius 3 is 2.76 bits per heavy atom. The predicted octanol–water partition coefficient (Wildman–Crippen LogP) is -0.908. The van der Waals surface area contributed by atoms with Crippen LogP contribution in [0.25, 0.3) is 0 Å². The average Bonchev–Trinajstić information content (AvgIpc) is 2.87. The molecule has 1 fully saturated rings. The van der Waals surface area contributed by atoms with E-state index in [1.54, 1.807) is 7.05 Å². The smallest absolute Gasteiger partial charge is 0.259 e. The zero-order valence-corrected chi connectivity index (χ0v) is 9.59. The molecule has 1 aliphatic rings. The van der Waals surface area contributed by atoms with Gasteiger partial charge in [0.25, 0.3) is 5.91 Å². The van der Waals surface area contributed by atoms with Crippen molar-refractivity contribution in [3.05, 3.63) is 11.8 Å². The van der Waals surface area contributed by atoms with E-state index in [4.69, 9.17) is 11.5 Å². The SMILES string of the molecule is Cn1ncc(C(=O)N2CCCC2C(N)=O)c1N. The van der Waals surface area contributed by atoms with Gasteiger partial charge in [0, 0.05) is 13.6 Å². The number of anilines is 1. The van der Waals surface area contributed by atoms with E-state index in [1.807, 2.05) is 0 Å². The topological polar surface area (TPSA) is 107 Å². The van der Waals surface area contributed by atoms with Crippen LogP contribution in [0.2, 0.25) is 0 Å². The van der Waals surface area contributed by atoms with E-state index in [1.165, 1.54) is 15.8 Å². The molecule has 0 bridgehead atoms. The number of amides is 2. The first-order chi connectivity index (χ1) is 8.02. The molecule has 2 rings (SSSR count). The fraction of sp³-hybridized carbons (Fsp3) is 0.500. The van der Waals surface area contributed by atoms with E-state index in [0.29, 0.717) is 24.3 Å². The minimum Gasteiger partial charge on any atom is -0.383 e. The summed E-state index contributed by atoms with van der Waals surface area (Å²) in [6, 6.07) is -0.526. The maximum absolute atomic E-state index is 12.2. The molecule has 2 amide bonds. The van der Waals surface area contributed by atoms with Gasteiger partial charge in [-0.1, -0.05) is 0 Å². The van der Waals surface area contributed by atoms with E-state index < -0.39 is 11.9 Å². The zero-order valence-electron chi connectivity index (χ0n) is 9.59. The molecule has 0 aliphatic carbocycles. The molecule has 2 heterocycles. The summed E-state index contributed by atoms with van der Waals surface area (Å²) in [5.74, 6) is -0.458. The number of likely N-dealkylation sites (tertiary alicyclic amines) is 1. The number of carbonyl (C=O) groups is 2. The maximum Gasteiger partial charge on any atom is 0.259 e. The molecule has 17 heavy (non-hydrogen) atoms. The Morgan fingerprint density at radius 2 is 2.24 bits per heavy atom. The molecule has 0 spiro atoms. The minimum absolute atomic E-state index is 0.281. The first kappa shape index (κ1) is 11.4. The van der Waals surface area contributed by atoms with Gasteiger partial charge < -0.3 is 16.4 Å². The van der Waals surface area contributed by atoms with Crippen molar-refractivity contribution in [2.45, 2.75) is 18.9 Å². The molecular formula is C10H15N5O2. The second-order valence-electron chi connectivity index (χ2n) is 4.13. The number of rotatable bonds is 2. The van der Waals surface area contributed by atoms with Crippen LogP contribution in [-0.2, 0) is 11.8 Å². The Labute approximate surface area is 98.4 Å². The molecule has 0 saturated carbocycles. The number of carbonyl (C=O) groups excluding carboxylic acids is 2. The maximum atomic E-state index is 12.2. The van der Waals surface area contributed by atoms with E-state index in [9.17, 15) is 9.59 Å². The van der Waals surface area contributed by atoms with Gasteiger partial charge in [-0.2, -0.15) is 5.10 Å². The highest BCUT2D eigenvalue weighted by molar-refractivity contribution is 6.00. The first-order valence-corrected chi connectivity index (χ1v) is 5.40. The van der Waals surface area contributed by atoms with Crippen LogP contribution in [0.15, 0.2) is 6.20 Å². The zero-order chi connectivity index (χ0) is 12.6. The minimum atomic E-state index is -0.526. The quantitative estimate of drug-likeness (QED) is 0.694. The van der Waals surface area contributed by atoms with Gasteiger partial charge in [-0.3, -0.25) is 14.3 Å². The molecule has 7 nitrogen and oxygen atoms in total. The monoisotopic (exact) mass is 237 g/mol. The summed E-state index contributed by atoms with van der Waals surface area (Å²) >= 11 is 0. The lowest BCUT2D eigenvalue weighted by Crippen LogP contribution is -2.43. The summed E-state index contributed by atoms with van der Waals surface area (Å²) in [5.41, 5.74) is 11.3. The molecule has 1 atom stereocenters. The lowest BCUT2D eigenvalue weighted by atomic mass is 10.2. The third kappa shape index (κ3) is 1.83. The van der Waals surface area contributed by atoms with Crippen molar-refractivity contribution in [1.82, 2.24) is 14.7 Å². The van der Waals surface area contributed by atoms with E-state index >= 15 is 0 Å². The van der Waals surface area contributed by atoms with Gasteiger partial charge in [-0.25, -0.2) is 0 Å². The number of primary amides is 1. The number of nitrogen functional groups attached to an aromatic ring is 1. The average molecular weight is 237 g/mol. The Morgan fingerprint density at radius 1 is 1.53 bits per heavy atom. The van der Waals surface area contributed by atoms with Gasteiger partial charge in [-0.15, -0.1) is 0 Å². The van der Waals surface area contributed by atoms with Crippen molar-refractivity contribution >= 4 is 17.6 Å². The number of aromatic nitrogens is 2. The fourth-order valence-electron chi connectivity index (χ4n) is 2.07. The Bertz CT molecular complexity index is 467. The van der Waals surface area contributed by atoms with Crippen LogP contribution >= 0.6 is 0 Å². The van der Waals surface area contributed by atoms with Crippen LogP contribution in [0.1, 0.15) is 23.2 Å². The lowest BCUT2D eigenvalue weighted by molar-refractivity contribution is -0.121. The second-order valence-corrected chi connectivity index (χ2v) is 4.13. The highest BCUT2D eigenvalue weighted by Gasteiger charge is 2.34. The normalized spacial score (nSPS) is 19.6. The molecule has 0 aromatic carbocycles. The van der Waals surface area contributed by atoms with Crippen LogP contribution in [0, 0.1) is 0 Å². The number of nitrogens with zero attached hydrogens (tertiary/aromatic N) is 3. The fourth-order valence-corrected chi connectivity index (χ4v) is 2.07. The van der Waals surface area contributed by atoms with Gasteiger partial charge in [0.15, 0.2) is 0 Å². The summed E-state index contributed by atoms with van der Waals surface area (Å²) in [4.78, 5) is 24.9. The van der Waals surface area contributed by atoms with Crippen LogP contribution in [0.4, 0.5) is 5.82 Å². The van der Waals surface area contributed by atoms with Crippen molar-refractivity contribution in [1.29, 1.82) is 0 Å². The third-order valence-electron chi connectivity index (χ3n) is 3.06. The Balaban J connectivity index is 2.26. The molecule has 0 radical (unpaired) electrons. The van der Waals surface area contributed by atoms with Crippen molar-refractivity contribution in [2.24, 2.45) is 12.8 Å². The third-order valence-corrected chi connectivity index (χ3v) is 3.06. The number of hydrogen-bond acceptors (Lipinski definition) is 4. The largest absolute Gasteiger partial charge is 0.383 e. The van der Waals surface area contributed by atoms with Crippen molar-refractivity contribution in [3.8, 4) is 0 Å². The van der Waals surface area contributed by atoms with Gasteiger partial charge in [0.1, 0.15) is 17.4 Å². The van der Waals surface area contributed by atoms with Crippen LogP contribution in [0.3, 0.4) is 0 Å². The van der Waals surface area contributed by atoms with E-state index in [0.717, 1.165) is 6.42 Å². The first-order valence-electron chi connectivity index (χ1n) is 5.40. The number of nitrogens with two attached hydrogens (primary N) is 2. The van der Waals surface area contributed by atoms with Crippen molar-refractivity contribution in [2.75, 3.05) is 12.3 Å². The highest BCUT2D eigenvalue weighted by Crippen LogP contribution is 2.21. The standard InChI is InChI=1S/C10H15N5O2/c1-14-8(11)6(5-13-14)10(17)15-4-2-3-7(15)9(12)16/h5,7H,2-4,11H2,1H3,(H2,12,16). The van der Waals surface area contributed by atoms with Crippen LogP contribution in [-0.4, -0.2) is 39.1 Å². The summed E-state index contributed by atoms with van der Waals surface area (Å²) in [6.07, 6.45) is 2.80. The van der Waals surface area contributed by atoms with Crippen LogP contribution in [0.5, 0.6) is 0 Å². The number of hydrogen-bond donors (Lipinski definition) is 2. The van der Waals surface area contributed by atoms with E-state index in [-0.39, 0.29) is 5.91 Å². The van der Waals surface area contributed by atoms with Gasteiger partial charge >= 0.3 is 0 Å². The second kappa shape index (κ2) is 4.08. The molecular weight excluding hydrogens is 222 g/mol. The summed E-state index contributed by atoms with van der Waals surface area (Å²) < 4.78 is 1.42. The number of aryl methyl sites for hydroxylation is 1. The molecule has 92 valence electrons. The predicted molar refractivity (Wildman–Crippen MR) is 60.9 cm³/mol. The molecule has 7 heteroatoms. The molecule has 1 aliphatic heterocycles. The van der Waals surface area contributed by atoms with Crippen molar-refractivity contribution < 1.29 is 9.59 Å². The Hall–Kier alpha value is -2.05. The van der Waals surface area contributed by atoms with Crippen LogP contribution < -0.4 is 11.5 Å². The van der Waals surface area contributed by atoms with Gasteiger partial charge in [0.05, 0.1) is 6.20 Å². The summed E-state index contributed by atoms with van der Waals surface area (Å²) in [7, 11) is 1.65. The van der Waals surface area contributed by atoms with Crippen molar-refractivity contribution in [3.63, 3.8) is 0 Å². The Kier molecular flexibility index (Phi) is 2.74. The van der Waals surface area contributed by atoms with Gasteiger partial charge in [0.2, 0.25) is 5.91 Å². The van der Waals surface area contributed by atoms with E-state index in [2.05, 4.69) is 5.10 Å². The molecule has 1 aromatic rings. The molecule has 4 N–H and O–H groups in total. The van der Waals surface area contributed by atoms with Gasteiger partial charge in [-0.05, 0) is 12.8 Å². The molecule has 1 unspecified atom stereocenters. The lowest BCUT2D eigenvalue weighted by Gasteiger charge is -2.21.